The Bertz CT molecular complexity index is 1090. The van der Waals surface area contributed by atoms with Gasteiger partial charge >= 0.3 is 0 Å². The van der Waals surface area contributed by atoms with Crippen molar-refractivity contribution in [1.82, 2.24) is 0 Å². The molecule has 5 rings (SSSR count). The summed E-state index contributed by atoms with van der Waals surface area (Å²) in [5.41, 5.74) is 3.71. The molecule has 0 amide bonds. The quantitative estimate of drug-likeness (QED) is 0.234. The summed E-state index contributed by atoms with van der Waals surface area (Å²) in [6.07, 6.45) is -0.0792. The minimum atomic E-state index is -0.355. The molecule has 0 bridgehead atoms. The van der Waals surface area contributed by atoms with E-state index in [1.165, 1.54) is 6.42 Å². The molecule has 3 aromatic rings. The van der Waals surface area contributed by atoms with Crippen molar-refractivity contribution >= 4 is 0 Å². The normalized spacial score (nSPS) is 25.8. The van der Waals surface area contributed by atoms with Crippen LogP contribution in [0.25, 0.3) is 0 Å². The van der Waals surface area contributed by atoms with E-state index in [2.05, 4.69) is 50.2 Å². The lowest BCUT2D eigenvalue weighted by Gasteiger charge is -2.23. The second kappa shape index (κ2) is 12.9. The Morgan fingerprint density at radius 2 is 1.21 bits per heavy atom. The van der Waals surface area contributed by atoms with E-state index in [0.717, 1.165) is 16.7 Å². The highest BCUT2D eigenvalue weighted by molar-refractivity contribution is 5.15. The Morgan fingerprint density at radius 1 is 0.711 bits per heavy atom. The number of hydrogen-bond donors (Lipinski definition) is 0. The average Bonchev–Trinajstić information content (AvgIpc) is 3.42. The first-order valence-corrected chi connectivity index (χ1v) is 13.6. The van der Waals surface area contributed by atoms with Crippen LogP contribution in [0.3, 0.4) is 0 Å². The van der Waals surface area contributed by atoms with Crippen molar-refractivity contribution in [3.63, 3.8) is 0 Å². The summed E-state index contributed by atoms with van der Waals surface area (Å²) in [4.78, 5) is 0. The van der Waals surface area contributed by atoms with Gasteiger partial charge in [-0.1, -0.05) is 105 Å². The molecule has 2 aliphatic rings. The number of benzene rings is 3. The van der Waals surface area contributed by atoms with Gasteiger partial charge in [0.1, 0.15) is 18.8 Å². The largest absolute Gasteiger partial charge is 0.374 e. The maximum atomic E-state index is 6.50. The van der Waals surface area contributed by atoms with Crippen molar-refractivity contribution in [2.45, 2.75) is 64.5 Å². The predicted octanol–water partition coefficient (Wildman–Crippen LogP) is 6.37. The molecule has 1 saturated carbocycles. The highest BCUT2D eigenvalue weighted by atomic mass is 16.6. The van der Waals surface area contributed by atoms with Crippen molar-refractivity contribution in [1.29, 1.82) is 0 Å². The van der Waals surface area contributed by atoms with Crippen LogP contribution in [0.1, 0.15) is 37.0 Å². The molecule has 5 heteroatoms. The van der Waals surface area contributed by atoms with Crippen molar-refractivity contribution < 1.29 is 23.7 Å². The zero-order valence-corrected chi connectivity index (χ0v) is 22.4. The van der Waals surface area contributed by atoms with Crippen LogP contribution in [-0.2, 0) is 43.5 Å². The zero-order valence-electron chi connectivity index (χ0n) is 22.4. The van der Waals surface area contributed by atoms with Gasteiger partial charge in [0.15, 0.2) is 6.10 Å². The van der Waals surface area contributed by atoms with Crippen LogP contribution in [0.5, 0.6) is 0 Å². The van der Waals surface area contributed by atoms with E-state index in [1.54, 1.807) is 0 Å². The lowest BCUT2D eigenvalue weighted by Crippen LogP contribution is -2.39. The van der Waals surface area contributed by atoms with Crippen molar-refractivity contribution in [2.24, 2.45) is 11.3 Å². The third kappa shape index (κ3) is 7.46. The summed E-state index contributed by atoms with van der Waals surface area (Å²) in [6.45, 7) is 8.95. The van der Waals surface area contributed by atoms with Gasteiger partial charge in [0, 0.05) is 0 Å². The predicted molar refractivity (Wildman–Crippen MR) is 147 cm³/mol. The summed E-state index contributed by atoms with van der Waals surface area (Å²) in [7, 11) is 0. The molecule has 0 radical (unpaired) electrons. The Kier molecular flexibility index (Phi) is 9.15. The summed E-state index contributed by atoms with van der Waals surface area (Å²) in [6, 6.07) is 30.6. The average molecular weight is 516 g/mol. The second-order valence-electron chi connectivity index (χ2n) is 11.0. The lowest BCUT2D eigenvalue weighted by atomic mass is 10.1. The van der Waals surface area contributed by atoms with E-state index in [-0.39, 0.29) is 24.4 Å². The highest BCUT2D eigenvalue weighted by Crippen LogP contribution is 2.51. The van der Waals surface area contributed by atoms with Crippen molar-refractivity contribution in [3.05, 3.63) is 114 Å². The van der Waals surface area contributed by atoms with E-state index in [1.807, 2.05) is 61.2 Å². The van der Waals surface area contributed by atoms with Crippen LogP contribution in [-0.4, -0.2) is 37.6 Å². The Balaban J connectivity index is 1.27. The van der Waals surface area contributed by atoms with Crippen LogP contribution in [0, 0.1) is 17.9 Å². The fraction of sp³-hybridized carbons (Fsp3) is 0.424. The Morgan fingerprint density at radius 3 is 1.74 bits per heavy atom. The number of ether oxygens (including phenoxy) is 5. The van der Waals surface area contributed by atoms with E-state index in [4.69, 9.17) is 23.7 Å². The minimum absolute atomic E-state index is 0.287. The third-order valence-corrected chi connectivity index (χ3v) is 7.56. The van der Waals surface area contributed by atoms with E-state index < -0.39 is 0 Å². The lowest BCUT2D eigenvalue weighted by molar-refractivity contribution is -0.0899. The molecule has 1 aliphatic heterocycles. The molecular formula is C33H39O5+. The van der Waals surface area contributed by atoms with Gasteiger partial charge in [-0.25, -0.2) is 0 Å². The van der Waals surface area contributed by atoms with Crippen molar-refractivity contribution in [3.8, 4) is 0 Å². The van der Waals surface area contributed by atoms with Crippen LogP contribution >= 0.6 is 0 Å². The van der Waals surface area contributed by atoms with Gasteiger partial charge in [0.2, 0.25) is 0 Å². The van der Waals surface area contributed by atoms with Gasteiger partial charge in [-0.3, -0.25) is 0 Å². The molecule has 1 heterocycles. The molecule has 1 aliphatic carbocycles. The number of hydrogen-bond acceptors (Lipinski definition) is 5. The maximum absolute atomic E-state index is 6.50. The Labute approximate surface area is 227 Å². The second-order valence-corrected chi connectivity index (χ2v) is 11.0. The molecule has 0 spiro atoms. The molecule has 3 aromatic carbocycles. The monoisotopic (exact) mass is 515 g/mol. The summed E-state index contributed by atoms with van der Waals surface area (Å²) in [5.74, 6) is 0.582. The fourth-order valence-corrected chi connectivity index (χ4v) is 4.92. The molecule has 200 valence electrons. The standard InChI is InChI=1S/C33H39O5/c1-33(2)18-28(33)22-35-24-30-32(37-21-27-16-10-5-11-17-27)31(36-20-26-14-8-4-9-15-26)29(38-30)23-34-19-25-12-6-3-7-13-25/h3-17,24,28-32H,18-23H2,1-2H3/q+1/t28-,29-,30-,31-,32-/m1/s1. The summed E-state index contributed by atoms with van der Waals surface area (Å²) >= 11 is 0. The van der Waals surface area contributed by atoms with Crippen LogP contribution < -0.4 is 0 Å². The SMILES string of the molecule is CC1(C)C[C@@H]1CO[CH+][C@H]1O[C@H](COCc2ccccc2)[C@@H](OCc2ccccc2)[C@@H]1OCc1ccccc1. The van der Waals surface area contributed by atoms with Gasteiger partial charge in [-0.15, -0.1) is 0 Å². The van der Waals surface area contributed by atoms with Gasteiger partial charge in [-0.05, 0) is 34.4 Å². The molecule has 38 heavy (non-hydrogen) atoms. The zero-order chi connectivity index (χ0) is 26.2. The number of rotatable bonds is 14. The van der Waals surface area contributed by atoms with E-state index in [0.29, 0.717) is 44.4 Å². The van der Waals surface area contributed by atoms with Gasteiger partial charge in [0.05, 0.1) is 26.4 Å². The summed E-state index contributed by atoms with van der Waals surface area (Å²) in [5, 5.41) is 0. The summed E-state index contributed by atoms with van der Waals surface area (Å²) < 4.78 is 31.7. The molecular weight excluding hydrogens is 476 g/mol. The third-order valence-electron chi connectivity index (χ3n) is 7.56. The molecule has 2 fully saturated rings. The van der Waals surface area contributed by atoms with Crippen LogP contribution in [0.15, 0.2) is 91.0 Å². The van der Waals surface area contributed by atoms with E-state index in [9.17, 15) is 0 Å². The van der Waals surface area contributed by atoms with Gasteiger partial charge in [0.25, 0.3) is 12.7 Å². The smallest absolute Gasteiger partial charge is 0.260 e. The molecule has 0 N–H and O–H groups in total. The molecule has 1 saturated heterocycles. The first-order valence-electron chi connectivity index (χ1n) is 13.6. The Hall–Kier alpha value is -2.67. The van der Waals surface area contributed by atoms with Crippen LogP contribution in [0.2, 0.25) is 0 Å². The topological polar surface area (TPSA) is 46.2 Å². The highest BCUT2D eigenvalue weighted by Gasteiger charge is 2.52. The molecule has 0 aromatic heterocycles. The van der Waals surface area contributed by atoms with Gasteiger partial charge in [-0.2, -0.15) is 4.74 Å². The minimum Gasteiger partial charge on any atom is -0.374 e. The van der Waals surface area contributed by atoms with Gasteiger partial charge < -0.3 is 18.9 Å². The van der Waals surface area contributed by atoms with Crippen molar-refractivity contribution in [2.75, 3.05) is 13.2 Å². The maximum Gasteiger partial charge on any atom is 0.260 e. The molecule has 5 nitrogen and oxygen atoms in total. The first kappa shape index (κ1) is 26.9. The van der Waals surface area contributed by atoms with E-state index >= 15 is 0 Å². The molecule has 0 unspecified atom stereocenters. The fourth-order valence-electron chi connectivity index (χ4n) is 4.92. The molecule has 5 atom stereocenters. The first-order chi connectivity index (χ1) is 18.6. The van der Waals surface area contributed by atoms with Crippen LogP contribution in [0.4, 0.5) is 0 Å².